The van der Waals surface area contributed by atoms with Crippen molar-refractivity contribution in [3.63, 3.8) is 0 Å². The third-order valence-corrected chi connectivity index (χ3v) is 3.23. The number of hydrogen-bond acceptors (Lipinski definition) is 2. The summed E-state index contributed by atoms with van der Waals surface area (Å²) in [5.41, 5.74) is 1.32. The fraction of sp³-hybridized carbons (Fsp3) is 0.222. The molecule has 1 aromatic rings. The van der Waals surface area contributed by atoms with Gasteiger partial charge in [0, 0.05) is 5.75 Å². The van der Waals surface area contributed by atoms with Gasteiger partial charge in [-0.05, 0) is 5.56 Å². The summed E-state index contributed by atoms with van der Waals surface area (Å²) < 4.78 is 0.920. The Morgan fingerprint density at radius 3 is 2.67 bits per heavy atom. The molecule has 12 heavy (non-hydrogen) atoms. The van der Waals surface area contributed by atoms with Crippen LogP contribution in [0.4, 0.5) is 0 Å². The summed E-state index contributed by atoms with van der Waals surface area (Å²) in [5, 5.41) is 3.26. The van der Waals surface area contributed by atoms with Gasteiger partial charge < -0.3 is 5.32 Å². The van der Waals surface area contributed by atoms with Gasteiger partial charge in [0.25, 0.3) is 0 Å². The van der Waals surface area contributed by atoms with Crippen molar-refractivity contribution >= 4 is 28.3 Å². The molecule has 1 saturated heterocycles. The number of nitrogens with one attached hydrogen (secondary N) is 1. The zero-order chi connectivity index (χ0) is 8.39. The van der Waals surface area contributed by atoms with E-state index in [1.54, 1.807) is 11.8 Å². The van der Waals surface area contributed by atoms with Crippen LogP contribution in [-0.2, 0) is 0 Å². The van der Waals surface area contributed by atoms with Crippen LogP contribution in [0.2, 0.25) is 0 Å². The molecule has 1 heterocycles. The first kappa shape index (κ1) is 8.08. The third kappa shape index (κ3) is 1.62. The van der Waals surface area contributed by atoms with Gasteiger partial charge in [-0.25, -0.2) is 0 Å². The molecule has 0 bridgehead atoms. The highest BCUT2D eigenvalue weighted by molar-refractivity contribution is 8.23. The van der Waals surface area contributed by atoms with Crippen molar-refractivity contribution < 1.29 is 0 Å². The van der Waals surface area contributed by atoms with Gasteiger partial charge in [-0.2, -0.15) is 0 Å². The summed E-state index contributed by atoms with van der Waals surface area (Å²) in [6.45, 7) is 0. The van der Waals surface area contributed by atoms with E-state index in [1.165, 1.54) is 5.56 Å². The fourth-order valence-corrected chi connectivity index (χ4v) is 2.42. The van der Waals surface area contributed by atoms with E-state index in [1.807, 2.05) is 6.07 Å². The second kappa shape index (κ2) is 3.46. The number of benzene rings is 1. The fourth-order valence-electron chi connectivity index (χ4n) is 1.25. The minimum absolute atomic E-state index is 0.420. The lowest BCUT2D eigenvalue weighted by atomic mass is 10.1. The topological polar surface area (TPSA) is 12.0 Å². The van der Waals surface area contributed by atoms with Crippen molar-refractivity contribution in [3.05, 3.63) is 35.9 Å². The normalized spacial score (nSPS) is 22.3. The van der Waals surface area contributed by atoms with Gasteiger partial charge in [0.1, 0.15) is 4.32 Å². The van der Waals surface area contributed by atoms with Gasteiger partial charge in [0.05, 0.1) is 6.04 Å². The van der Waals surface area contributed by atoms with E-state index in [0.29, 0.717) is 6.04 Å². The average molecular weight is 195 g/mol. The Bertz CT molecular complexity index is 284. The Balaban J connectivity index is 2.16. The average Bonchev–Trinajstić information content (AvgIpc) is 2.54. The van der Waals surface area contributed by atoms with E-state index in [0.717, 1.165) is 10.1 Å². The van der Waals surface area contributed by atoms with Crippen molar-refractivity contribution in [1.82, 2.24) is 5.32 Å². The summed E-state index contributed by atoms with van der Waals surface area (Å²) in [7, 11) is 0. The van der Waals surface area contributed by atoms with Gasteiger partial charge in [-0.1, -0.05) is 54.3 Å². The van der Waals surface area contributed by atoms with Gasteiger partial charge >= 0.3 is 0 Å². The molecule has 1 nitrogen and oxygen atoms in total. The molecule has 1 N–H and O–H groups in total. The van der Waals surface area contributed by atoms with E-state index in [-0.39, 0.29) is 0 Å². The Morgan fingerprint density at radius 2 is 2.08 bits per heavy atom. The third-order valence-electron chi connectivity index (χ3n) is 1.88. The molecule has 0 amide bonds. The molecule has 1 aromatic carbocycles. The molecule has 1 aliphatic heterocycles. The lowest BCUT2D eigenvalue weighted by Crippen LogP contribution is -2.17. The monoisotopic (exact) mass is 195 g/mol. The van der Waals surface area contributed by atoms with E-state index in [4.69, 9.17) is 12.2 Å². The number of rotatable bonds is 1. The van der Waals surface area contributed by atoms with Crippen LogP contribution >= 0.6 is 24.0 Å². The molecular weight excluding hydrogens is 186 g/mol. The molecule has 0 spiro atoms. The summed E-state index contributed by atoms with van der Waals surface area (Å²) in [6, 6.07) is 10.8. The van der Waals surface area contributed by atoms with Crippen LogP contribution in [0.3, 0.4) is 0 Å². The lowest BCUT2D eigenvalue weighted by molar-refractivity contribution is 0.757. The van der Waals surface area contributed by atoms with Crippen LogP contribution in [0.1, 0.15) is 11.6 Å². The Morgan fingerprint density at radius 1 is 1.33 bits per heavy atom. The van der Waals surface area contributed by atoms with Gasteiger partial charge in [-0.3, -0.25) is 0 Å². The molecule has 0 radical (unpaired) electrons. The minimum atomic E-state index is 0.420. The number of thioether (sulfide) groups is 1. The van der Waals surface area contributed by atoms with Gasteiger partial charge in [0.15, 0.2) is 0 Å². The smallest absolute Gasteiger partial charge is 0.134 e. The van der Waals surface area contributed by atoms with E-state index in [2.05, 4.69) is 29.6 Å². The van der Waals surface area contributed by atoms with E-state index < -0.39 is 0 Å². The molecule has 0 saturated carbocycles. The maximum atomic E-state index is 5.05. The molecule has 1 atom stereocenters. The van der Waals surface area contributed by atoms with Crippen LogP contribution in [0.5, 0.6) is 0 Å². The molecule has 1 fully saturated rings. The maximum absolute atomic E-state index is 5.05. The van der Waals surface area contributed by atoms with Gasteiger partial charge in [0.2, 0.25) is 0 Å². The van der Waals surface area contributed by atoms with Crippen LogP contribution in [-0.4, -0.2) is 10.1 Å². The molecule has 3 heteroatoms. The predicted molar refractivity (Wildman–Crippen MR) is 57.4 cm³/mol. The van der Waals surface area contributed by atoms with Crippen LogP contribution in [0, 0.1) is 0 Å². The highest BCUT2D eigenvalue weighted by Crippen LogP contribution is 2.25. The van der Waals surface area contributed by atoms with Crippen molar-refractivity contribution in [3.8, 4) is 0 Å². The second-order valence-electron chi connectivity index (χ2n) is 2.71. The van der Waals surface area contributed by atoms with Crippen LogP contribution in [0.15, 0.2) is 30.3 Å². The van der Waals surface area contributed by atoms with Crippen molar-refractivity contribution in [2.75, 3.05) is 5.75 Å². The predicted octanol–water partition coefficient (Wildman–Crippen LogP) is 2.35. The lowest BCUT2D eigenvalue weighted by Gasteiger charge is -2.08. The highest BCUT2D eigenvalue weighted by Gasteiger charge is 2.19. The highest BCUT2D eigenvalue weighted by atomic mass is 32.2. The molecule has 0 unspecified atom stereocenters. The van der Waals surface area contributed by atoms with Crippen molar-refractivity contribution in [2.24, 2.45) is 0 Å². The van der Waals surface area contributed by atoms with Crippen molar-refractivity contribution in [2.45, 2.75) is 6.04 Å². The molecule has 0 aliphatic carbocycles. The summed E-state index contributed by atoms with van der Waals surface area (Å²) in [5.74, 6) is 1.06. The zero-order valence-corrected chi connectivity index (χ0v) is 8.12. The quantitative estimate of drug-likeness (QED) is 0.691. The van der Waals surface area contributed by atoms with E-state index in [9.17, 15) is 0 Å². The Labute approximate surface area is 81.6 Å². The molecule has 62 valence electrons. The van der Waals surface area contributed by atoms with Crippen LogP contribution < -0.4 is 5.32 Å². The summed E-state index contributed by atoms with van der Waals surface area (Å²) in [4.78, 5) is 0. The summed E-state index contributed by atoms with van der Waals surface area (Å²) >= 11 is 6.77. The number of thiocarbonyl (C=S) groups is 1. The molecule has 1 aliphatic rings. The first-order chi connectivity index (χ1) is 5.86. The SMILES string of the molecule is S=C1N[C@H](c2ccccc2)CS1. The zero-order valence-electron chi connectivity index (χ0n) is 6.49. The Kier molecular flexibility index (Phi) is 2.33. The molecule has 2 rings (SSSR count). The van der Waals surface area contributed by atoms with Crippen LogP contribution in [0.25, 0.3) is 0 Å². The second-order valence-corrected chi connectivity index (χ2v) is 4.40. The largest absolute Gasteiger partial charge is 0.363 e. The summed E-state index contributed by atoms with van der Waals surface area (Å²) in [6.07, 6.45) is 0. The first-order valence-electron chi connectivity index (χ1n) is 3.84. The van der Waals surface area contributed by atoms with E-state index >= 15 is 0 Å². The molecular formula is C9H9NS2. The van der Waals surface area contributed by atoms with Gasteiger partial charge in [-0.15, -0.1) is 0 Å². The standard InChI is InChI=1S/C9H9NS2/c11-9-10-8(6-12-9)7-4-2-1-3-5-7/h1-5,8H,6H2,(H,10,11)/t8-/m0/s1. The van der Waals surface area contributed by atoms with Crippen molar-refractivity contribution in [1.29, 1.82) is 0 Å². The number of hydrogen-bond donors (Lipinski definition) is 1. The Hall–Kier alpha value is -0.540. The maximum Gasteiger partial charge on any atom is 0.134 e. The molecule has 0 aromatic heterocycles. The first-order valence-corrected chi connectivity index (χ1v) is 5.24. The minimum Gasteiger partial charge on any atom is -0.363 e.